The summed E-state index contributed by atoms with van der Waals surface area (Å²) in [5.41, 5.74) is 1.76. The van der Waals surface area contributed by atoms with Gasteiger partial charge < -0.3 is 15.4 Å². The van der Waals surface area contributed by atoms with E-state index in [1.54, 1.807) is 25.3 Å². The van der Waals surface area contributed by atoms with Gasteiger partial charge in [-0.05, 0) is 36.2 Å². The second-order valence-electron chi connectivity index (χ2n) is 5.40. The smallest absolute Gasteiger partial charge is 0.244 e. The molecule has 0 atom stereocenters. The number of halogens is 2. The Hall–Kier alpha value is -2.57. The molecule has 2 N–H and O–H groups in total. The SMILES string of the molecule is COc1ccccc1CCNc1nncc(Nc2cc(Cl)ccc2Cl)n1. The van der Waals surface area contributed by atoms with Gasteiger partial charge in [0.1, 0.15) is 5.75 Å². The monoisotopic (exact) mass is 389 g/mol. The number of nitrogens with zero attached hydrogens (tertiary/aromatic N) is 3. The van der Waals surface area contributed by atoms with Crippen LogP contribution >= 0.6 is 23.2 Å². The summed E-state index contributed by atoms with van der Waals surface area (Å²) >= 11 is 12.1. The molecule has 1 aromatic heterocycles. The highest BCUT2D eigenvalue weighted by Crippen LogP contribution is 2.27. The van der Waals surface area contributed by atoms with Gasteiger partial charge in [0, 0.05) is 11.6 Å². The number of hydrogen-bond acceptors (Lipinski definition) is 6. The molecular formula is C18H17Cl2N5O. The maximum Gasteiger partial charge on any atom is 0.244 e. The van der Waals surface area contributed by atoms with E-state index in [4.69, 9.17) is 27.9 Å². The van der Waals surface area contributed by atoms with Gasteiger partial charge in [-0.2, -0.15) is 10.1 Å². The molecule has 0 bridgehead atoms. The first-order valence-corrected chi connectivity index (χ1v) is 8.69. The van der Waals surface area contributed by atoms with E-state index in [1.807, 2.05) is 24.3 Å². The molecule has 26 heavy (non-hydrogen) atoms. The first-order valence-electron chi connectivity index (χ1n) is 7.93. The fourth-order valence-corrected chi connectivity index (χ4v) is 2.73. The van der Waals surface area contributed by atoms with Gasteiger partial charge in [0.15, 0.2) is 5.82 Å². The van der Waals surface area contributed by atoms with E-state index in [1.165, 1.54) is 6.20 Å². The highest BCUT2D eigenvalue weighted by atomic mass is 35.5. The van der Waals surface area contributed by atoms with Crippen molar-refractivity contribution in [2.75, 3.05) is 24.3 Å². The van der Waals surface area contributed by atoms with Crippen molar-refractivity contribution in [3.8, 4) is 5.75 Å². The van der Waals surface area contributed by atoms with Gasteiger partial charge in [0.05, 0.1) is 24.0 Å². The lowest BCUT2D eigenvalue weighted by Gasteiger charge is -2.10. The number of benzene rings is 2. The standard InChI is InChI=1S/C18H17Cl2N5O/c1-26-16-5-3-2-4-12(16)8-9-21-18-24-17(11-22-25-18)23-15-10-13(19)6-7-14(15)20/h2-7,10-11H,8-9H2,1H3,(H2,21,23,24,25). The molecule has 134 valence electrons. The summed E-state index contributed by atoms with van der Waals surface area (Å²) in [7, 11) is 1.66. The molecule has 2 aromatic carbocycles. The summed E-state index contributed by atoms with van der Waals surface area (Å²) in [5, 5.41) is 15.3. The lowest BCUT2D eigenvalue weighted by Crippen LogP contribution is -2.10. The first kappa shape index (κ1) is 18.2. The molecule has 0 saturated carbocycles. The third-order valence-corrected chi connectivity index (χ3v) is 4.18. The molecule has 0 amide bonds. The molecule has 0 aliphatic carbocycles. The number of ether oxygens (including phenoxy) is 1. The number of aromatic nitrogens is 3. The Bertz CT molecular complexity index is 891. The van der Waals surface area contributed by atoms with Gasteiger partial charge in [-0.25, -0.2) is 0 Å². The summed E-state index contributed by atoms with van der Waals surface area (Å²) < 4.78 is 5.35. The Balaban J connectivity index is 1.63. The van der Waals surface area contributed by atoms with Gasteiger partial charge in [0.2, 0.25) is 5.95 Å². The highest BCUT2D eigenvalue weighted by Gasteiger charge is 2.06. The Kier molecular flexibility index (Phi) is 6.09. The lowest BCUT2D eigenvalue weighted by atomic mass is 10.1. The van der Waals surface area contributed by atoms with Crippen LogP contribution < -0.4 is 15.4 Å². The zero-order chi connectivity index (χ0) is 18.4. The number of rotatable bonds is 7. The first-order chi connectivity index (χ1) is 12.7. The van der Waals surface area contributed by atoms with Crippen LogP contribution in [0, 0.1) is 0 Å². The van der Waals surface area contributed by atoms with Crippen LogP contribution in [-0.2, 0) is 6.42 Å². The van der Waals surface area contributed by atoms with E-state index in [0.717, 1.165) is 17.7 Å². The van der Waals surface area contributed by atoms with E-state index in [-0.39, 0.29) is 0 Å². The van der Waals surface area contributed by atoms with E-state index in [2.05, 4.69) is 25.8 Å². The van der Waals surface area contributed by atoms with Crippen LogP contribution in [0.5, 0.6) is 5.75 Å². The minimum Gasteiger partial charge on any atom is -0.496 e. The Morgan fingerprint density at radius 1 is 1.12 bits per heavy atom. The zero-order valence-electron chi connectivity index (χ0n) is 14.0. The molecule has 0 radical (unpaired) electrons. The number of nitrogens with one attached hydrogen (secondary N) is 2. The Labute approximate surface area is 161 Å². The van der Waals surface area contributed by atoms with Crippen molar-refractivity contribution in [1.29, 1.82) is 0 Å². The van der Waals surface area contributed by atoms with Crippen LogP contribution in [0.2, 0.25) is 10.0 Å². The van der Waals surface area contributed by atoms with Gasteiger partial charge >= 0.3 is 0 Å². The summed E-state index contributed by atoms with van der Waals surface area (Å²) in [6.07, 6.45) is 2.29. The second-order valence-corrected chi connectivity index (χ2v) is 6.25. The zero-order valence-corrected chi connectivity index (χ0v) is 15.6. The fraction of sp³-hybridized carbons (Fsp3) is 0.167. The van der Waals surface area contributed by atoms with E-state index >= 15 is 0 Å². The summed E-state index contributed by atoms with van der Waals surface area (Å²) in [5.74, 6) is 1.80. The van der Waals surface area contributed by atoms with E-state index in [0.29, 0.717) is 34.0 Å². The van der Waals surface area contributed by atoms with Crippen LogP contribution in [0.1, 0.15) is 5.56 Å². The molecule has 0 unspecified atom stereocenters. The summed E-state index contributed by atoms with van der Waals surface area (Å²) in [4.78, 5) is 4.38. The van der Waals surface area contributed by atoms with Crippen LogP contribution in [-0.4, -0.2) is 28.8 Å². The molecule has 6 nitrogen and oxygen atoms in total. The third kappa shape index (κ3) is 4.74. The Morgan fingerprint density at radius 2 is 1.96 bits per heavy atom. The fourth-order valence-electron chi connectivity index (χ4n) is 2.39. The predicted molar refractivity (Wildman–Crippen MR) is 105 cm³/mol. The summed E-state index contributed by atoms with van der Waals surface area (Å²) in [6, 6.07) is 13.0. The highest BCUT2D eigenvalue weighted by molar-refractivity contribution is 6.35. The van der Waals surface area contributed by atoms with Crippen molar-refractivity contribution in [2.24, 2.45) is 0 Å². The average Bonchev–Trinajstić information content (AvgIpc) is 2.65. The maximum atomic E-state index is 6.15. The number of anilines is 3. The quantitative estimate of drug-likeness (QED) is 0.615. The van der Waals surface area contributed by atoms with Gasteiger partial charge in [-0.3, -0.25) is 0 Å². The molecule has 3 aromatic rings. The molecular weight excluding hydrogens is 373 g/mol. The number of methoxy groups -OCH3 is 1. The molecule has 0 spiro atoms. The van der Waals surface area contributed by atoms with E-state index in [9.17, 15) is 0 Å². The van der Waals surface area contributed by atoms with Gasteiger partial charge in [0.25, 0.3) is 0 Å². The molecule has 0 aliphatic heterocycles. The van der Waals surface area contributed by atoms with Crippen molar-refractivity contribution < 1.29 is 4.74 Å². The largest absolute Gasteiger partial charge is 0.496 e. The molecule has 0 saturated heterocycles. The van der Waals surface area contributed by atoms with Gasteiger partial charge in [-0.1, -0.05) is 41.4 Å². The number of para-hydroxylation sites is 1. The summed E-state index contributed by atoms with van der Waals surface area (Å²) in [6.45, 7) is 0.642. The van der Waals surface area contributed by atoms with Crippen LogP contribution in [0.3, 0.4) is 0 Å². The van der Waals surface area contributed by atoms with E-state index < -0.39 is 0 Å². The molecule has 0 fully saturated rings. The maximum absolute atomic E-state index is 6.15. The predicted octanol–water partition coefficient (Wildman–Crippen LogP) is 4.59. The van der Waals surface area contributed by atoms with Crippen LogP contribution in [0.15, 0.2) is 48.7 Å². The Morgan fingerprint density at radius 3 is 2.81 bits per heavy atom. The second kappa shape index (κ2) is 8.69. The normalized spacial score (nSPS) is 10.4. The van der Waals surface area contributed by atoms with Crippen molar-refractivity contribution in [3.63, 3.8) is 0 Å². The van der Waals surface area contributed by atoms with Crippen LogP contribution in [0.4, 0.5) is 17.5 Å². The molecule has 1 heterocycles. The number of hydrogen-bond donors (Lipinski definition) is 2. The minimum absolute atomic E-state index is 0.419. The van der Waals surface area contributed by atoms with Crippen LogP contribution in [0.25, 0.3) is 0 Å². The average molecular weight is 390 g/mol. The molecule has 0 aliphatic rings. The van der Waals surface area contributed by atoms with Crippen molar-refractivity contribution >= 4 is 40.7 Å². The van der Waals surface area contributed by atoms with Crippen molar-refractivity contribution in [1.82, 2.24) is 15.2 Å². The lowest BCUT2D eigenvalue weighted by molar-refractivity contribution is 0.410. The molecule has 3 rings (SSSR count). The topological polar surface area (TPSA) is 72.0 Å². The minimum atomic E-state index is 0.419. The van der Waals surface area contributed by atoms with Gasteiger partial charge in [-0.15, -0.1) is 5.10 Å². The van der Waals surface area contributed by atoms with Crippen molar-refractivity contribution in [3.05, 3.63) is 64.3 Å². The third-order valence-electron chi connectivity index (χ3n) is 3.62. The molecule has 8 heteroatoms. The van der Waals surface area contributed by atoms with Crippen molar-refractivity contribution in [2.45, 2.75) is 6.42 Å².